The zero-order valence-corrected chi connectivity index (χ0v) is 13.5. The fraction of sp³-hybridized carbons (Fsp3) is 0.263. The van der Waals surface area contributed by atoms with Crippen LogP contribution in [0.4, 0.5) is 0 Å². The van der Waals surface area contributed by atoms with Gasteiger partial charge in [0.05, 0.1) is 13.0 Å². The Morgan fingerprint density at radius 2 is 1.83 bits per heavy atom. The molecule has 0 saturated heterocycles. The quantitative estimate of drug-likeness (QED) is 0.628. The summed E-state index contributed by atoms with van der Waals surface area (Å²) in [4.78, 5) is 24.7. The maximum Gasteiger partial charge on any atom is 0.309 e. The molecular weight excluding hydrogens is 312 g/mol. The van der Waals surface area contributed by atoms with E-state index in [-0.39, 0.29) is 23.6 Å². The van der Waals surface area contributed by atoms with Crippen LogP contribution in [0.3, 0.4) is 0 Å². The van der Waals surface area contributed by atoms with E-state index in [1.807, 2.05) is 24.3 Å². The minimum absolute atomic E-state index is 0.0114. The van der Waals surface area contributed by atoms with Gasteiger partial charge in [-0.25, -0.2) is 0 Å². The fourth-order valence-corrected chi connectivity index (χ4v) is 3.41. The van der Waals surface area contributed by atoms with Crippen molar-refractivity contribution >= 4 is 23.4 Å². The van der Waals surface area contributed by atoms with Crippen LogP contribution in [0.25, 0.3) is 0 Å². The fourth-order valence-electron chi connectivity index (χ4n) is 3.28. The molecule has 0 saturated carbocycles. The number of ketones is 1. The van der Waals surface area contributed by atoms with Crippen molar-refractivity contribution in [1.82, 2.24) is 0 Å². The number of hydrogen-bond donors (Lipinski definition) is 0. The molecule has 2 aromatic carbocycles. The molecule has 118 valence electrons. The molecular formula is C19H17ClO3. The summed E-state index contributed by atoms with van der Waals surface area (Å²) >= 11 is 5.86. The summed E-state index contributed by atoms with van der Waals surface area (Å²) in [7, 11) is 1.39. The molecule has 2 aromatic rings. The van der Waals surface area contributed by atoms with E-state index in [0.29, 0.717) is 23.4 Å². The number of esters is 1. The van der Waals surface area contributed by atoms with Crippen LogP contribution in [-0.2, 0) is 16.0 Å². The Balaban J connectivity index is 1.87. The van der Waals surface area contributed by atoms with Crippen LogP contribution in [0, 0.1) is 5.92 Å². The first-order chi connectivity index (χ1) is 11.1. The molecule has 1 aliphatic rings. The van der Waals surface area contributed by atoms with E-state index >= 15 is 0 Å². The third-order valence-corrected chi connectivity index (χ3v) is 4.71. The van der Waals surface area contributed by atoms with Gasteiger partial charge in [0.25, 0.3) is 0 Å². The average molecular weight is 329 g/mol. The van der Waals surface area contributed by atoms with Crippen LogP contribution in [0.5, 0.6) is 0 Å². The predicted octanol–water partition coefficient (Wildman–Crippen LogP) is 4.04. The second-order valence-corrected chi connectivity index (χ2v) is 6.21. The van der Waals surface area contributed by atoms with Gasteiger partial charge >= 0.3 is 5.97 Å². The smallest absolute Gasteiger partial charge is 0.309 e. The second-order valence-electron chi connectivity index (χ2n) is 5.77. The third kappa shape index (κ3) is 3.15. The van der Waals surface area contributed by atoms with E-state index in [0.717, 1.165) is 11.1 Å². The van der Waals surface area contributed by atoms with E-state index in [2.05, 4.69) is 0 Å². The van der Waals surface area contributed by atoms with Gasteiger partial charge in [0.1, 0.15) is 0 Å². The first-order valence-corrected chi connectivity index (χ1v) is 7.92. The highest BCUT2D eigenvalue weighted by atomic mass is 35.5. The highest BCUT2D eigenvalue weighted by Crippen LogP contribution is 2.41. The van der Waals surface area contributed by atoms with Gasteiger partial charge in [0, 0.05) is 22.9 Å². The van der Waals surface area contributed by atoms with E-state index in [1.54, 1.807) is 24.3 Å². The van der Waals surface area contributed by atoms with Crippen LogP contribution in [0.2, 0.25) is 5.02 Å². The third-order valence-electron chi connectivity index (χ3n) is 4.46. The highest BCUT2D eigenvalue weighted by molar-refractivity contribution is 6.30. The Kier molecular flexibility index (Phi) is 4.49. The Labute approximate surface area is 140 Å². The molecule has 0 radical (unpaired) electrons. The summed E-state index contributed by atoms with van der Waals surface area (Å²) < 4.78 is 4.93. The molecule has 2 atom stereocenters. The molecule has 23 heavy (non-hydrogen) atoms. The molecule has 0 spiro atoms. The monoisotopic (exact) mass is 328 g/mol. The van der Waals surface area contributed by atoms with Gasteiger partial charge in [-0.3, -0.25) is 9.59 Å². The molecule has 0 unspecified atom stereocenters. The normalized spacial score (nSPS) is 19.2. The molecule has 0 aromatic heterocycles. The standard InChI is InChI=1S/C19H17ClO3/c1-23-19(22)17-10-13-4-2-3-5-15(13)16(17)11-18(21)12-6-8-14(20)9-7-12/h2-9,16-17H,10-11H2,1H3/t16-,17+/m0/s1. The van der Waals surface area contributed by atoms with Crippen molar-refractivity contribution in [1.29, 1.82) is 0 Å². The number of carbonyl (C=O) groups is 2. The van der Waals surface area contributed by atoms with Gasteiger partial charge < -0.3 is 4.74 Å². The summed E-state index contributed by atoms with van der Waals surface area (Å²) in [5, 5.41) is 0.597. The summed E-state index contributed by atoms with van der Waals surface area (Å²) in [6.45, 7) is 0. The van der Waals surface area contributed by atoms with Crippen LogP contribution in [0.1, 0.15) is 33.8 Å². The van der Waals surface area contributed by atoms with Crippen molar-refractivity contribution in [3.05, 3.63) is 70.2 Å². The number of Topliss-reactive ketones (excluding diaryl/α,β-unsaturated/α-hetero) is 1. The topological polar surface area (TPSA) is 43.4 Å². The van der Waals surface area contributed by atoms with Gasteiger partial charge in [-0.15, -0.1) is 0 Å². The number of rotatable bonds is 4. The predicted molar refractivity (Wildman–Crippen MR) is 88.8 cm³/mol. The van der Waals surface area contributed by atoms with Crippen molar-refractivity contribution in [2.24, 2.45) is 5.92 Å². The maximum absolute atomic E-state index is 12.6. The summed E-state index contributed by atoms with van der Waals surface area (Å²) in [5.41, 5.74) is 2.81. The summed E-state index contributed by atoms with van der Waals surface area (Å²) in [6.07, 6.45) is 0.916. The molecule has 0 N–H and O–H groups in total. The van der Waals surface area contributed by atoms with Crippen molar-refractivity contribution < 1.29 is 14.3 Å². The van der Waals surface area contributed by atoms with E-state index < -0.39 is 0 Å². The first kappa shape index (κ1) is 15.8. The van der Waals surface area contributed by atoms with Crippen LogP contribution in [-0.4, -0.2) is 18.9 Å². The maximum atomic E-state index is 12.6. The van der Waals surface area contributed by atoms with E-state index in [9.17, 15) is 9.59 Å². The number of benzene rings is 2. The number of halogens is 1. The first-order valence-electron chi connectivity index (χ1n) is 7.54. The molecule has 0 amide bonds. The Morgan fingerprint density at radius 3 is 2.52 bits per heavy atom. The molecule has 3 nitrogen and oxygen atoms in total. The van der Waals surface area contributed by atoms with E-state index in [4.69, 9.17) is 16.3 Å². The lowest BCUT2D eigenvalue weighted by Crippen LogP contribution is -2.22. The Hall–Kier alpha value is -2.13. The molecule has 1 aliphatic carbocycles. The van der Waals surface area contributed by atoms with Crippen LogP contribution in [0.15, 0.2) is 48.5 Å². The van der Waals surface area contributed by atoms with Crippen molar-refractivity contribution in [2.45, 2.75) is 18.8 Å². The van der Waals surface area contributed by atoms with Crippen LogP contribution >= 0.6 is 11.6 Å². The van der Waals surface area contributed by atoms with Gasteiger partial charge in [0.2, 0.25) is 0 Å². The SMILES string of the molecule is COC(=O)[C@@H]1Cc2ccccc2[C@@H]1CC(=O)c1ccc(Cl)cc1. The molecule has 3 rings (SSSR count). The van der Waals surface area contributed by atoms with Gasteiger partial charge in [-0.05, 0) is 41.8 Å². The minimum atomic E-state index is -0.298. The lowest BCUT2D eigenvalue weighted by atomic mass is 9.86. The second kappa shape index (κ2) is 6.55. The summed E-state index contributed by atoms with van der Waals surface area (Å²) in [6, 6.07) is 14.8. The molecule has 0 bridgehead atoms. The number of ether oxygens (including phenoxy) is 1. The Bertz CT molecular complexity index is 737. The zero-order chi connectivity index (χ0) is 16.4. The van der Waals surface area contributed by atoms with Crippen molar-refractivity contribution in [3.8, 4) is 0 Å². The van der Waals surface area contributed by atoms with Gasteiger partial charge in [-0.2, -0.15) is 0 Å². The molecule has 4 heteroatoms. The lowest BCUT2D eigenvalue weighted by molar-refractivity contribution is -0.145. The minimum Gasteiger partial charge on any atom is -0.469 e. The number of fused-ring (bicyclic) bond motifs is 1. The average Bonchev–Trinajstić information content (AvgIpc) is 2.93. The zero-order valence-electron chi connectivity index (χ0n) is 12.8. The number of carbonyl (C=O) groups excluding carboxylic acids is 2. The van der Waals surface area contributed by atoms with Crippen LogP contribution < -0.4 is 0 Å². The lowest BCUT2D eigenvalue weighted by Gasteiger charge is -2.18. The van der Waals surface area contributed by atoms with Gasteiger partial charge in [-0.1, -0.05) is 35.9 Å². The van der Waals surface area contributed by atoms with Crippen molar-refractivity contribution in [3.63, 3.8) is 0 Å². The number of hydrogen-bond acceptors (Lipinski definition) is 3. The highest BCUT2D eigenvalue weighted by Gasteiger charge is 2.38. The van der Waals surface area contributed by atoms with Crippen molar-refractivity contribution in [2.75, 3.05) is 7.11 Å². The van der Waals surface area contributed by atoms with Gasteiger partial charge in [0.15, 0.2) is 5.78 Å². The Morgan fingerprint density at radius 1 is 1.13 bits per heavy atom. The number of methoxy groups -OCH3 is 1. The molecule has 0 heterocycles. The molecule has 0 fully saturated rings. The molecule has 0 aliphatic heterocycles. The summed E-state index contributed by atoms with van der Waals surface area (Å²) in [5.74, 6) is -0.678. The largest absolute Gasteiger partial charge is 0.469 e. The van der Waals surface area contributed by atoms with E-state index in [1.165, 1.54) is 7.11 Å².